The van der Waals surface area contributed by atoms with E-state index in [1.165, 1.54) is 12.8 Å². The fourth-order valence-corrected chi connectivity index (χ4v) is 3.27. The number of benzene rings is 1. The second kappa shape index (κ2) is 5.65. The molecule has 1 aromatic carbocycles. The van der Waals surface area contributed by atoms with E-state index in [2.05, 4.69) is 30.9 Å². The number of aromatic nitrogens is 4. The van der Waals surface area contributed by atoms with Gasteiger partial charge in [0.1, 0.15) is 11.6 Å². The van der Waals surface area contributed by atoms with E-state index < -0.39 is 0 Å². The van der Waals surface area contributed by atoms with Crippen molar-refractivity contribution < 1.29 is 0 Å². The lowest BCUT2D eigenvalue weighted by Gasteiger charge is -2.18. The molecule has 0 amide bonds. The molecule has 23 heavy (non-hydrogen) atoms. The van der Waals surface area contributed by atoms with Crippen LogP contribution in [-0.4, -0.2) is 32.8 Å². The summed E-state index contributed by atoms with van der Waals surface area (Å²) < 4.78 is 1.95. The van der Waals surface area contributed by atoms with Gasteiger partial charge in [0.25, 0.3) is 0 Å². The van der Waals surface area contributed by atoms with Gasteiger partial charge in [-0.1, -0.05) is 25.1 Å². The van der Waals surface area contributed by atoms with Gasteiger partial charge in [0.15, 0.2) is 5.65 Å². The van der Waals surface area contributed by atoms with Gasteiger partial charge in [-0.15, -0.1) is 0 Å². The average Bonchev–Trinajstić information content (AvgIpc) is 3.23. The molecule has 5 heteroatoms. The highest BCUT2D eigenvalue weighted by atomic mass is 15.3. The first-order valence-corrected chi connectivity index (χ1v) is 8.34. The van der Waals surface area contributed by atoms with E-state index >= 15 is 0 Å². The molecule has 118 valence electrons. The van der Waals surface area contributed by atoms with Gasteiger partial charge >= 0.3 is 0 Å². The molecule has 0 atom stereocenters. The lowest BCUT2D eigenvalue weighted by atomic mass is 10.2. The molecule has 0 saturated carbocycles. The second-order valence-corrected chi connectivity index (χ2v) is 6.04. The largest absolute Gasteiger partial charge is 0.356 e. The summed E-state index contributed by atoms with van der Waals surface area (Å²) in [7, 11) is 0. The molecular weight excluding hydrogens is 286 g/mol. The van der Waals surface area contributed by atoms with E-state index in [9.17, 15) is 0 Å². The van der Waals surface area contributed by atoms with Crippen molar-refractivity contribution >= 4 is 16.9 Å². The molecule has 0 aliphatic carbocycles. The van der Waals surface area contributed by atoms with Crippen LogP contribution in [0.5, 0.6) is 0 Å². The second-order valence-electron chi connectivity index (χ2n) is 6.04. The van der Waals surface area contributed by atoms with Crippen LogP contribution < -0.4 is 4.90 Å². The molecule has 1 aliphatic heterocycles. The Morgan fingerprint density at radius 1 is 1.04 bits per heavy atom. The van der Waals surface area contributed by atoms with Crippen molar-refractivity contribution in [3.63, 3.8) is 0 Å². The Balaban J connectivity index is 1.98. The summed E-state index contributed by atoms with van der Waals surface area (Å²) in [5, 5.41) is 5.85. The maximum atomic E-state index is 4.83. The lowest BCUT2D eigenvalue weighted by molar-refractivity contribution is 0.857. The first-order chi connectivity index (χ1) is 11.3. The Kier molecular flexibility index (Phi) is 3.48. The van der Waals surface area contributed by atoms with Crippen molar-refractivity contribution in [2.45, 2.75) is 33.1 Å². The molecular formula is C18H21N5. The summed E-state index contributed by atoms with van der Waals surface area (Å²) in [5.74, 6) is 1.94. The summed E-state index contributed by atoms with van der Waals surface area (Å²) in [4.78, 5) is 12.0. The maximum Gasteiger partial charge on any atom is 0.168 e. The van der Waals surface area contributed by atoms with E-state index in [-0.39, 0.29) is 0 Å². The summed E-state index contributed by atoms with van der Waals surface area (Å²) in [6.45, 7) is 6.30. The molecule has 1 saturated heterocycles. The molecule has 0 radical (unpaired) electrons. The minimum absolute atomic E-state index is 0.829. The fraction of sp³-hybridized carbons (Fsp3) is 0.389. The predicted octanol–water partition coefficient (Wildman–Crippen LogP) is 3.29. The van der Waals surface area contributed by atoms with E-state index in [0.717, 1.165) is 53.6 Å². The third kappa shape index (κ3) is 2.36. The van der Waals surface area contributed by atoms with Crippen LogP contribution in [0.1, 0.15) is 31.3 Å². The average molecular weight is 307 g/mol. The van der Waals surface area contributed by atoms with Gasteiger partial charge in [0, 0.05) is 19.5 Å². The van der Waals surface area contributed by atoms with Crippen molar-refractivity contribution in [3.8, 4) is 5.69 Å². The Labute approximate surface area is 136 Å². The molecule has 0 bridgehead atoms. The first kappa shape index (κ1) is 14.2. The number of aryl methyl sites for hydroxylation is 2. The van der Waals surface area contributed by atoms with Gasteiger partial charge in [-0.2, -0.15) is 5.10 Å². The molecule has 0 spiro atoms. The van der Waals surface area contributed by atoms with E-state index in [1.807, 2.05) is 22.9 Å². The Bertz CT molecular complexity index is 831. The van der Waals surface area contributed by atoms with Crippen molar-refractivity contribution in [2.24, 2.45) is 0 Å². The Morgan fingerprint density at radius 2 is 1.78 bits per heavy atom. The Morgan fingerprint density at radius 3 is 2.48 bits per heavy atom. The van der Waals surface area contributed by atoms with Crippen LogP contribution in [0.15, 0.2) is 30.3 Å². The molecule has 3 aromatic rings. The summed E-state index contributed by atoms with van der Waals surface area (Å²) in [6.07, 6.45) is 3.30. The molecule has 4 rings (SSSR count). The van der Waals surface area contributed by atoms with Gasteiger partial charge in [-0.05, 0) is 31.9 Å². The van der Waals surface area contributed by atoms with Crippen LogP contribution in [0.3, 0.4) is 0 Å². The van der Waals surface area contributed by atoms with Crippen LogP contribution in [0.4, 0.5) is 5.82 Å². The zero-order chi connectivity index (χ0) is 15.8. The number of nitrogens with zero attached hydrogens (tertiary/aromatic N) is 5. The van der Waals surface area contributed by atoms with Gasteiger partial charge in [0.2, 0.25) is 0 Å². The predicted molar refractivity (Wildman–Crippen MR) is 92.2 cm³/mol. The number of rotatable bonds is 3. The van der Waals surface area contributed by atoms with Gasteiger partial charge < -0.3 is 4.90 Å². The number of hydrogen-bond acceptors (Lipinski definition) is 4. The van der Waals surface area contributed by atoms with E-state index in [1.54, 1.807) is 0 Å². The third-order valence-electron chi connectivity index (χ3n) is 4.45. The summed E-state index contributed by atoms with van der Waals surface area (Å²) in [6, 6.07) is 10.2. The maximum absolute atomic E-state index is 4.83. The monoisotopic (exact) mass is 307 g/mol. The summed E-state index contributed by atoms with van der Waals surface area (Å²) in [5.41, 5.74) is 2.95. The fourth-order valence-electron chi connectivity index (χ4n) is 3.27. The van der Waals surface area contributed by atoms with E-state index in [0.29, 0.717) is 0 Å². The smallest absolute Gasteiger partial charge is 0.168 e. The Hall–Kier alpha value is -2.43. The quantitative estimate of drug-likeness (QED) is 0.745. The minimum atomic E-state index is 0.829. The van der Waals surface area contributed by atoms with Crippen LogP contribution >= 0.6 is 0 Å². The molecule has 3 heterocycles. The topological polar surface area (TPSA) is 46.8 Å². The summed E-state index contributed by atoms with van der Waals surface area (Å²) >= 11 is 0. The normalized spacial score (nSPS) is 14.8. The molecule has 5 nitrogen and oxygen atoms in total. The van der Waals surface area contributed by atoms with Crippen molar-refractivity contribution in [3.05, 3.63) is 41.9 Å². The number of para-hydroxylation sites is 1. The number of fused-ring (bicyclic) bond motifs is 1. The van der Waals surface area contributed by atoms with E-state index in [4.69, 9.17) is 15.1 Å². The van der Waals surface area contributed by atoms with Crippen molar-refractivity contribution in [1.82, 2.24) is 19.7 Å². The van der Waals surface area contributed by atoms with Crippen LogP contribution in [-0.2, 0) is 6.42 Å². The molecule has 0 N–H and O–H groups in total. The molecule has 1 aliphatic rings. The standard InChI is InChI=1S/C18H21N5/c1-3-15-19-17(22-11-7-8-12-22)16-13(2)21-23(18(16)20-15)14-9-5-4-6-10-14/h4-6,9-10H,3,7-8,11-12H2,1-2H3. The van der Waals surface area contributed by atoms with Crippen LogP contribution in [0.25, 0.3) is 16.7 Å². The first-order valence-electron chi connectivity index (χ1n) is 8.34. The van der Waals surface area contributed by atoms with Crippen molar-refractivity contribution in [1.29, 1.82) is 0 Å². The number of anilines is 1. The third-order valence-corrected chi connectivity index (χ3v) is 4.45. The number of hydrogen-bond donors (Lipinski definition) is 0. The lowest BCUT2D eigenvalue weighted by Crippen LogP contribution is -2.20. The highest BCUT2D eigenvalue weighted by molar-refractivity contribution is 5.91. The van der Waals surface area contributed by atoms with Crippen molar-refractivity contribution in [2.75, 3.05) is 18.0 Å². The van der Waals surface area contributed by atoms with Crippen LogP contribution in [0, 0.1) is 6.92 Å². The van der Waals surface area contributed by atoms with Gasteiger partial charge in [-0.25, -0.2) is 14.6 Å². The SMILES string of the molecule is CCc1nc(N2CCCC2)c2c(C)nn(-c3ccccc3)c2n1. The van der Waals surface area contributed by atoms with Crippen LogP contribution in [0.2, 0.25) is 0 Å². The van der Waals surface area contributed by atoms with Gasteiger partial charge in [-0.3, -0.25) is 0 Å². The zero-order valence-corrected chi connectivity index (χ0v) is 13.7. The highest BCUT2D eigenvalue weighted by Gasteiger charge is 2.22. The highest BCUT2D eigenvalue weighted by Crippen LogP contribution is 2.30. The molecule has 2 aromatic heterocycles. The van der Waals surface area contributed by atoms with Gasteiger partial charge in [0.05, 0.1) is 16.8 Å². The zero-order valence-electron chi connectivity index (χ0n) is 13.7. The molecule has 0 unspecified atom stereocenters. The molecule has 1 fully saturated rings. The minimum Gasteiger partial charge on any atom is -0.356 e.